The van der Waals surface area contributed by atoms with Crippen LogP contribution < -0.4 is 5.32 Å². The van der Waals surface area contributed by atoms with Crippen molar-refractivity contribution in [1.82, 2.24) is 25.0 Å². The molecule has 0 aliphatic rings. The van der Waals surface area contributed by atoms with Crippen LogP contribution in [0.25, 0.3) is 10.6 Å². The molecule has 1 atom stereocenters. The highest BCUT2D eigenvalue weighted by molar-refractivity contribution is 8.00. The highest BCUT2D eigenvalue weighted by Crippen LogP contribution is 2.29. The number of benzene rings is 1. The number of nitrogens with one attached hydrogen (secondary N) is 1. The van der Waals surface area contributed by atoms with E-state index in [-0.39, 0.29) is 11.2 Å². The van der Waals surface area contributed by atoms with Gasteiger partial charge in [0.2, 0.25) is 11.0 Å². The Morgan fingerprint density at radius 3 is 2.79 bits per heavy atom. The second kappa shape index (κ2) is 7.10. The van der Waals surface area contributed by atoms with Gasteiger partial charge < -0.3 is 4.57 Å². The molecule has 7 nitrogen and oxygen atoms in total. The van der Waals surface area contributed by atoms with Crippen molar-refractivity contribution in [3.63, 3.8) is 0 Å². The van der Waals surface area contributed by atoms with Crippen LogP contribution in [0.15, 0.2) is 35.7 Å². The van der Waals surface area contributed by atoms with Gasteiger partial charge in [0.1, 0.15) is 11.3 Å². The van der Waals surface area contributed by atoms with E-state index in [9.17, 15) is 4.79 Å². The second-order valence-electron chi connectivity index (χ2n) is 5.20. The van der Waals surface area contributed by atoms with Crippen LogP contribution in [0.1, 0.15) is 12.5 Å². The molecule has 3 rings (SSSR count). The van der Waals surface area contributed by atoms with Gasteiger partial charge >= 0.3 is 0 Å². The fraction of sp³-hybridized carbons (Fsp3) is 0.267. The van der Waals surface area contributed by atoms with E-state index in [2.05, 4.69) is 25.7 Å². The SMILES string of the molecule is Cc1ccccc1-c1nnc(NC(=O)[C@H](C)Sc2nncn2C)s1. The van der Waals surface area contributed by atoms with Gasteiger partial charge in [0.05, 0.1) is 5.25 Å². The number of aryl methyl sites for hydroxylation is 2. The van der Waals surface area contributed by atoms with E-state index >= 15 is 0 Å². The van der Waals surface area contributed by atoms with Crippen LogP contribution >= 0.6 is 23.1 Å². The molecule has 1 amide bonds. The number of amides is 1. The van der Waals surface area contributed by atoms with Crippen molar-refractivity contribution in [2.24, 2.45) is 7.05 Å². The second-order valence-corrected chi connectivity index (χ2v) is 7.49. The summed E-state index contributed by atoms with van der Waals surface area (Å²) < 4.78 is 1.77. The molecule has 1 N–H and O–H groups in total. The monoisotopic (exact) mass is 360 g/mol. The van der Waals surface area contributed by atoms with Crippen molar-refractivity contribution in [1.29, 1.82) is 0 Å². The molecule has 2 heterocycles. The number of hydrogen-bond acceptors (Lipinski definition) is 7. The minimum atomic E-state index is -0.321. The van der Waals surface area contributed by atoms with Gasteiger partial charge in [0, 0.05) is 12.6 Å². The van der Waals surface area contributed by atoms with Crippen LogP contribution in [0.3, 0.4) is 0 Å². The smallest absolute Gasteiger partial charge is 0.239 e. The number of anilines is 1. The lowest BCUT2D eigenvalue weighted by atomic mass is 10.1. The zero-order chi connectivity index (χ0) is 17.1. The highest BCUT2D eigenvalue weighted by atomic mass is 32.2. The van der Waals surface area contributed by atoms with E-state index in [4.69, 9.17) is 0 Å². The molecule has 0 spiro atoms. The molecular weight excluding hydrogens is 344 g/mol. The quantitative estimate of drug-likeness (QED) is 0.704. The third-order valence-corrected chi connectivity index (χ3v) is 5.37. The van der Waals surface area contributed by atoms with Gasteiger partial charge in [-0.25, -0.2) is 0 Å². The van der Waals surface area contributed by atoms with Gasteiger partial charge in [-0.3, -0.25) is 10.1 Å². The van der Waals surface area contributed by atoms with Gasteiger partial charge in [-0.05, 0) is 19.4 Å². The van der Waals surface area contributed by atoms with Crippen molar-refractivity contribution < 1.29 is 4.79 Å². The first-order valence-electron chi connectivity index (χ1n) is 7.25. The van der Waals surface area contributed by atoms with Crippen molar-refractivity contribution in [2.45, 2.75) is 24.3 Å². The Bertz CT molecular complexity index is 859. The summed E-state index contributed by atoms with van der Waals surface area (Å²) in [6, 6.07) is 7.96. The summed E-state index contributed by atoms with van der Waals surface area (Å²) in [6.45, 7) is 3.84. The van der Waals surface area contributed by atoms with Gasteiger partial charge in [-0.1, -0.05) is 47.4 Å². The fourth-order valence-corrected chi connectivity index (χ4v) is 3.62. The van der Waals surface area contributed by atoms with Crippen LogP contribution in [-0.4, -0.2) is 36.1 Å². The van der Waals surface area contributed by atoms with E-state index in [0.29, 0.717) is 10.3 Å². The molecule has 24 heavy (non-hydrogen) atoms. The molecule has 124 valence electrons. The van der Waals surface area contributed by atoms with Gasteiger partial charge in [0.25, 0.3) is 0 Å². The lowest BCUT2D eigenvalue weighted by molar-refractivity contribution is -0.115. The third kappa shape index (κ3) is 3.62. The molecule has 0 unspecified atom stereocenters. The predicted molar refractivity (Wildman–Crippen MR) is 95.0 cm³/mol. The molecule has 1 aromatic carbocycles. The average Bonchev–Trinajstić information content (AvgIpc) is 3.17. The Hall–Kier alpha value is -2.26. The molecule has 3 aromatic rings. The maximum atomic E-state index is 12.3. The summed E-state index contributed by atoms with van der Waals surface area (Å²) >= 11 is 2.70. The molecule has 0 fully saturated rings. The zero-order valence-corrected chi connectivity index (χ0v) is 15.1. The van der Waals surface area contributed by atoms with Crippen molar-refractivity contribution in [3.05, 3.63) is 36.2 Å². The van der Waals surface area contributed by atoms with Crippen LogP contribution in [0.2, 0.25) is 0 Å². The Morgan fingerprint density at radius 2 is 2.08 bits per heavy atom. The van der Waals surface area contributed by atoms with Gasteiger partial charge in [-0.2, -0.15) is 0 Å². The van der Waals surface area contributed by atoms with Crippen LogP contribution in [0, 0.1) is 6.92 Å². The summed E-state index contributed by atoms with van der Waals surface area (Å²) in [5.41, 5.74) is 2.15. The average molecular weight is 360 g/mol. The standard InChI is InChI=1S/C15H16N6OS2/c1-9-6-4-5-7-11(9)13-18-19-14(24-13)17-12(22)10(2)23-15-20-16-8-21(15)3/h4-8,10H,1-3H3,(H,17,19,22)/t10-/m0/s1. The number of carbonyl (C=O) groups is 1. The van der Waals surface area contributed by atoms with Crippen molar-refractivity contribution in [2.75, 3.05) is 5.32 Å². The van der Waals surface area contributed by atoms with Crippen molar-refractivity contribution in [3.8, 4) is 10.6 Å². The summed E-state index contributed by atoms with van der Waals surface area (Å²) in [5.74, 6) is -0.143. The molecule has 2 aromatic heterocycles. The normalized spacial score (nSPS) is 12.1. The van der Waals surface area contributed by atoms with Crippen LogP contribution in [0.4, 0.5) is 5.13 Å². The van der Waals surface area contributed by atoms with E-state index < -0.39 is 0 Å². The Morgan fingerprint density at radius 1 is 1.29 bits per heavy atom. The molecule has 9 heteroatoms. The number of aromatic nitrogens is 5. The number of carbonyl (C=O) groups excluding carboxylic acids is 1. The number of hydrogen-bond donors (Lipinski definition) is 1. The Kier molecular flexibility index (Phi) is 4.91. The van der Waals surface area contributed by atoms with Gasteiger partial charge in [-0.15, -0.1) is 20.4 Å². The van der Waals surface area contributed by atoms with E-state index in [1.807, 2.05) is 45.2 Å². The molecule has 0 saturated heterocycles. The molecule has 0 aliphatic carbocycles. The van der Waals surface area contributed by atoms with Crippen molar-refractivity contribution >= 4 is 34.1 Å². The summed E-state index contributed by atoms with van der Waals surface area (Å²) in [7, 11) is 1.84. The fourth-order valence-electron chi connectivity index (χ4n) is 1.99. The topological polar surface area (TPSA) is 85.6 Å². The maximum Gasteiger partial charge on any atom is 0.239 e. The summed E-state index contributed by atoms with van der Waals surface area (Å²) in [6.07, 6.45) is 1.60. The minimum Gasteiger partial charge on any atom is -0.312 e. The predicted octanol–water partition coefficient (Wildman–Crippen LogP) is 2.76. The first-order chi connectivity index (χ1) is 11.5. The van der Waals surface area contributed by atoms with Gasteiger partial charge in [0.15, 0.2) is 5.16 Å². The molecule has 0 aliphatic heterocycles. The van der Waals surface area contributed by atoms with E-state index in [0.717, 1.165) is 16.1 Å². The molecule has 0 saturated carbocycles. The molecular formula is C15H16N6OS2. The number of rotatable bonds is 5. The third-order valence-electron chi connectivity index (χ3n) is 3.35. The first-order valence-corrected chi connectivity index (χ1v) is 8.95. The number of thioether (sulfide) groups is 1. The lowest BCUT2D eigenvalue weighted by Gasteiger charge is -2.08. The molecule has 0 radical (unpaired) electrons. The molecule has 0 bridgehead atoms. The Balaban J connectivity index is 1.67. The van der Waals surface area contributed by atoms with Crippen LogP contribution in [-0.2, 0) is 11.8 Å². The zero-order valence-electron chi connectivity index (χ0n) is 13.4. The van der Waals surface area contributed by atoms with E-state index in [1.54, 1.807) is 10.9 Å². The first kappa shape index (κ1) is 16.6. The highest BCUT2D eigenvalue weighted by Gasteiger charge is 2.19. The Labute approximate surface area is 147 Å². The summed E-state index contributed by atoms with van der Waals surface area (Å²) in [5, 5.41) is 20.5. The minimum absolute atomic E-state index is 0.143. The largest absolute Gasteiger partial charge is 0.312 e. The van der Waals surface area contributed by atoms with Crippen LogP contribution in [0.5, 0.6) is 0 Å². The van der Waals surface area contributed by atoms with E-state index in [1.165, 1.54) is 23.1 Å². The maximum absolute atomic E-state index is 12.3. The number of nitrogens with zero attached hydrogens (tertiary/aromatic N) is 5. The summed E-state index contributed by atoms with van der Waals surface area (Å²) in [4.78, 5) is 12.3. The lowest BCUT2D eigenvalue weighted by Crippen LogP contribution is -2.22.